The van der Waals surface area contributed by atoms with Gasteiger partial charge in [0.25, 0.3) is 0 Å². The van der Waals surface area contributed by atoms with Gasteiger partial charge in [-0.05, 0) is 85.0 Å². The van der Waals surface area contributed by atoms with Crippen molar-refractivity contribution < 1.29 is 0 Å². The fourth-order valence-corrected chi connectivity index (χ4v) is 4.87. The second-order valence-corrected chi connectivity index (χ2v) is 9.87. The lowest BCUT2D eigenvalue weighted by molar-refractivity contribution is 0.153. The van der Waals surface area contributed by atoms with Crippen LogP contribution in [0.2, 0.25) is 0 Å². The van der Waals surface area contributed by atoms with Crippen molar-refractivity contribution in [1.82, 2.24) is 10.6 Å². The molecule has 2 nitrogen and oxygen atoms in total. The molecule has 3 atom stereocenters. The molecule has 0 aromatic carbocycles. The molecule has 2 aliphatic carbocycles. The van der Waals surface area contributed by atoms with Crippen molar-refractivity contribution in [3.8, 4) is 0 Å². The molecule has 0 amide bonds. The highest BCUT2D eigenvalue weighted by Crippen LogP contribution is 2.35. The molecule has 2 heteroatoms. The Morgan fingerprint density at radius 3 is 2.05 bits per heavy atom. The largest absolute Gasteiger partial charge is 0.309 e. The van der Waals surface area contributed by atoms with E-state index >= 15 is 0 Å². The van der Waals surface area contributed by atoms with Crippen LogP contribution in [0.4, 0.5) is 0 Å². The molecule has 2 aliphatic rings. The summed E-state index contributed by atoms with van der Waals surface area (Å²) in [6, 6.07) is 1.49. The Labute approximate surface area is 139 Å². The minimum atomic E-state index is 0.245. The lowest BCUT2D eigenvalue weighted by Gasteiger charge is -2.41. The average molecular weight is 309 g/mol. The fourth-order valence-electron chi connectivity index (χ4n) is 4.87. The van der Waals surface area contributed by atoms with Crippen molar-refractivity contribution in [2.45, 2.75) is 116 Å². The first-order valence-electron chi connectivity index (χ1n) is 9.70. The Kier molecular flexibility index (Phi) is 5.99. The van der Waals surface area contributed by atoms with Gasteiger partial charge in [-0.3, -0.25) is 0 Å². The third kappa shape index (κ3) is 5.85. The molecule has 3 unspecified atom stereocenters. The van der Waals surface area contributed by atoms with Crippen LogP contribution >= 0.6 is 0 Å². The molecule has 0 aromatic heterocycles. The second kappa shape index (κ2) is 7.21. The Hall–Kier alpha value is -0.0800. The van der Waals surface area contributed by atoms with Crippen molar-refractivity contribution in [3.05, 3.63) is 0 Å². The van der Waals surface area contributed by atoms with Crippen molar-refractivity contribution in [2.24, 2.45) is 11.8 Å². The molecule has 0 aliphatic heterocycles. The van der Waals surface area contributed by atoms with E-state index in [1.54, 1.807) is 0 Å². The first kappa shape index (κ1) is 18.3. The van der Waals surface area contributed by atoms with E-state index in [0.717, 1.165) is 17.9 Å². The Balaban J connectivity index is 1.79. The van der Waals surface area contributed by atoms with Gasteiger partial charge in [0.05, 0.1) is 0 Å². The predicted molar refractivity (Wildman–Crippen MR) is 97.3 cm³/mol. The van der Waals surface area contributed by atoms with Crippen LogP contribution < -0.4 is 10.6 Å². The normalized spacial score (nSPS) is 31.6. The summed E-state index contributed by atoms with van der Waals surface area (Å²) in [6.45, 7) is 14.2. The summed E-state index contributed by atoms with van der Waals surface area (Å²) in [7, 11) is 0. The molecular formula is C20H40N2. The first-order chi connectivity index (χ1) is 10.1. The molecule has 2 rings (SSSR count). The summed E-state index contributed by atoms with van der Waals surface area (Å²) in [4.78, 5) is 0. The van der Waals surface area contributed by atoms with Gasteiger partial charge in [0, 0.05) is 23.2 Å². The highest BCUT2D eigenvalue weighted by molar-refractivity contribution is 4.92. The van der Waals surface area contributed by atoms with Crippen molar-refractivity contribution in [1.29, 1.82) is 0 Å². The molecule has 0 bridgehead atoms. The summed E-state index contributed by atoms with van der Waals surface area (Å²) < 4.78 is 0. The number of hydrogen-bond donors (Lipinski definition) is 2. The standard InChI is InChI=1S/C20H40N2/c1-15-13-16(11-12-18(15)22-19(2,3)4)14-20(5,6)21-17-9-7-8-10-17/h15-18,21-22H,7-14H2,1-6H3. The predicted octanol–water partition coefficient (Wildman–Crippen LogP) is 4.88. The number of rotatable bonds is 5. The van der Waals surface area contributed by atoms with E-state index in [0.29, 0.717) is 11.6 Å². The van der Waals surface area contributed by atoms with E-state index in [-0.39, 0.29) is 5.54 Å². The molecule has 2 saturated carbocycles. The van der Waals surface area contributed by atoms with Gasteiger partial charge in [0.15, 0.2) is 0 Å². The molecule has 130 valence electrons. The molecule has 2 N–H and O–H groups in total. The van der Waals surface area contributed by atoms with E-state index in [2.05, 4.69) is 52.2 Å². The van der Waals surface area contributed by atoms with E-state index in [1.807, 2.05) is 0 Å². The average Bonchev–Trinajstić information content (AvgIpc) is 2.82. The van der Waals surface area contributed by atoms with E-state index in [9.17, 15) is 0 Å². The molecule has 0 saturated heterocycles. The van der Waals surface area contributed by atoms with Crippen LogP contribution in [-0.2, 0) is 0 Å². The maximum atomic E-state index is 3.95. The van der Waals surface area contributed by atoms with Crippen LogP contribution in [0.5, 0.6) is 0 Å². The Morgan fingerprint density at radius 2 is 1.50 bits per heavy atom. The van der Waals surface area contributed by atoms with Crippen LogP contribution in [0.3, 0.4) is 0 Å². The number of nitrogens with one attached hydrogen (secondary N) is 2. The Morgan fingerprint density at radius 1 is 0.864 bits per heavy atom. The van der Waals surface area contributed by atoms with Gasteiger partial charge >= 0.3 is 0 Å². The quantitative estimate of drug-likeness (QED) is 0.756. The molecule has 0 spiro atoms. The van der Waals surface area contributed by atoms with Gasteiger partial charge < -0.3 is 10.6 Å². The molecular weight excluding hydrogens is 268 g/mol. The first-order valence-corrected chi connectivity index (χ1v) is 9.70. The molecule has 2 fully saturated rings. The zero-order valence-corrected chi connectivity index (χ0v) is 16.0. The highest BCUT2D eigenvalue weighted by atomic mass is 15.0. The van der Waals surface area contributed by atoms with Gasteiger partial charge in [0.1, 0.15) is 0 Å². The summed E-state index contributed by atoms with van der Waals surface area (Å²) in [5.74, 6) is 1.71. The minimum Gasteiger partial charge on any atom is -0.309 e. The van der Waals surface area contributed by atoms with E-state index < -0.39 is 0 Å². The van der Waals surface area contributed by atoms with Gasteiger partial charge in [-0.15, -0.1) is 0 Å². The van der Waals surface area contributed by atoms with E-state index in [4.69, 9.17) is 0 Å². The zero-order valence-electron chi connectivity index (χ0n) is 16.0. The van der Waals surface area contributed by atoms with Gasteiger partial charge in [-0.1, -0.05) is 19.8 Å². The molecule has 0 aromatic rings. The zero-order chi connectivity index (χ0) is 16.4. The lowest BCUT2D eigenvalue weighted by atomic mass is 9.74. The monoisotopic (exact) mass is 308 g/mol. The summed E-state index contributed by atoms with van der Waals surface area (Å²) in [5, 5.41) is 7.79. The molecule has 0 heterocycles. The van der Waals surface area contributed by atoms with Crippen molar-refractivity contribution in [3.63, 3.8) is 0 Å². The van der Waals surface area contributed by atoms with Gasteiger partial charge in [0.2, 0.25) is 0 Å². The van der Waals surface area contributed by atoms with Gasteiger partial charge in [-0.2, -0.15) is 0 Å². The molecule has 0 radical (unpaired) electrons. The summed E-state index contributed by atoms with van der Waals surface area (Å²) in [6.07, 6.45) is 11.1. The SMILES string of the molecule is CC1CC(CC(C)(C)NC2CCCC2)CCC1NC(C)(C)C. The summed E-state index contributed by atoms with van der Waals surface area (Å²) >= 11 is 0. The summed E-state index contributed by atoms with van der Waals surface area (Å²) in [5.41, 5.74) is 0.554. The highest BCUT2D eigenvalue weighted by Gasteiger charge is 2.33. The third-order valence-electron chi connectivity index (χ3n) is 5.65. The molecule has 22 heavy (non-hydrogen) atoms. The van der Waals surface area contributed by atoms with Crippen LogP contribution in [0, 0.1) is 11.8 Å². The smallest absolute Gasteiger partial charge is 0.0130 e. The minimum absolute atomic E-state index is 0.245. The van der Waals surface area contributed by atoms with Crippen LogP contribution in [0.25, 0.3) is 0 Å². The van der Waals surface area contributed by atoms with Crippen molar-refractivity contribution >= 4 is 0 Å². The lowest BCUT2D eigenvalue weighted by Crippen LogP contribution is -2.50. The number of hydrogen-bond acceptors (Lipinski definition) is 2. The fraction of sp³-hybridized carbons (Fsp3) is 1.00. The second-order valence-electron chi connectivity index (χ2n) is 9.87. The van der Waals surface area contributed by atoms with Crippen LogP contribution in [0.1, 0.15) is 92.9 Å². The topological polar surface area (TPSA) is 24.1 Å². The van der Waals surface area contributed by atoms with Crippen molar-refractivity contribution in [2.75, 3.05) is 0 Å². The van der Waals surface area contributed by atoms with Gasteiger partial charge in [-0.25, -0.2) is 0 Å². The van der Waals surface area contributed by atoms with Crippen LogP contribution in [0.15, 0.2) is 0 Å². The Bertz CT molecular complexity index is 336. The maximum absolute atomic E-state index is 3.95. The van der Waals surface area contributed by atoms with E-state index in [1.165, 1.54) is 51.4 Å². The van der Waals surface area contributed by atoms with Crippen LogP contribution in [-0.4, -0.2) is 23.2 Å². The third-order valence-corrected chi connectivity index (χ3v) is 5.65. The maximum Gasteiger partial charge on any atom is 0.0130 e.